The Balaban J connectivity index is 1.62. The first kappa shape index (κ1) is 13.4. The van der Waals surface area contributed by atoms with Gasteiger partial charge in [-0.3, -0.25) is 4.79 Å². The first-order valence-corrected chi connectivity index (χ1v) is 8.89. The monoisotopic (exact) mass is 300 g/mol. The number of aliphatic hydroxyl groups excluding tert-OH is 1. The lowest BCUT2D eigenvalue weighted by Gasteiger charge is -2.63. The molecule has 5 saturated carbocycles. The van der Waals surface area contributed by atoms with Gasteiger partial charge in [-0.05, 0) is 68.6 Å². The van der Waals surface area contributed by atoms with Crippen LogP contribution in [0, 0.1) is 40.4 Å². The number of nitrogens with zero attached hydrogens (tertiary/aromatic N) is 2. The second-order valence-corrected chi connectivity index (χ2v) is 8.80. The van der Waals surface area contributed by atoms with Gasteiger partial charge in [0.05, 0.1) is 17.7 Å². The summed E-state index contributed by atoms with van der Waals surface area (Å²) < 4.78 is 0. The Morgan fingerprint density at radius 3 is 2.45 bits per heavy atom. The number of hydrogen-bond donors (Lipinski definition) is 1. The molecule has 6 rings (SSSR count). The van der Waals surface area contributed by atoms with Gasteiger partial charge in [0.2, 0.25) is 5.91 Å². The van der Waals surface area contributed by atoms with Crippen molar-refractivity contribution in [1.29, 1.82) is 5.26 Å². The van der Waals surface area contributed by atoms with Gasteiger partial charge in [-0.2, -0.15) is 5.26 Å². The van der Waals surface area contributed by atoms with Crippen LogP contribution >= 0.6 is 0 Å². The van der Waals surface area contributed by atoms with Crippen LogP contribution in [0.5, 0.6) is 0 Å². The largest absolute Gasteiger partial charge is 0.392 e. The van der Waals surface area contributed by atoms with E-state index in [9.17, 15) is 15.2 Å². The molecule has 5 aliphatic carbocycles. The van der Waals surface area contributed by atoms with Crippen molar-refractivity contribution < 1.29 is 9.90 Å². The van der Waals surface area contributed by atoms with Crippen LogP contribution in [-0.2, 0) is 4.79 Å². The number of aliphatic hydroxyl groups is 1. The van der Waals surface area contributed by atoms with Gasteiger partial charge in [0.15, 0.2) is 0 Å². The molecular weight excluding hydrogens is 276 g/mol. The van der Waals surface area contributed by atoms with Crippen molar-refractivity contribution in [2.45, 2.75) is 69.6 Å². The molecule has 4 bridgehead atoms. The van der Waals surface area contributed by atoms with Crippen LogP contribution in [0.2, 0.25) is 0 Å². The molecule has 6 unspecified atom stereocenters. The fourth-order valence-corrected chi connectivity index (χ4v) is 7.63. The quantitative estimate of drug-likeness (QED) is 0.806. The molecule has 0 radical (unpaired) electrons. The molecule has 1 heterocycles. The van der Waals surface area contributed by atoms with Crippen molar-refractivity contribution in [1.82, 2.24) is 4.90 Å². The maximum absolute atomic E-state index is 12.4. The lowest BCUT2D eigenvalue weighted by atomic mass is 9.45. The highest BCUT2D eigenvalue weighted by Gasteiger charge is 2.79. The van der Waals surface area contributed by atoms with E-state index >= 15 is 0 Å². The van der Waals surface area contributed by atoms with Crippen molar-refractivity contribution in [2.75, 3.05) is 0 Å². The lowest BCUT2D eigenvalue weighted by Crippen LogP contribution is -2.66. The van der Waals surface area contributed by atoms with E-state index < -0.39 is 0 Å². The maximum Gasteiger partial charge on any atom is 0.221 e. The molecule has 0 aromatic heterocycles. The summed E-state index contributed by atoms with van der Waals surface area (Å²) in [4.78, 5) is 14.3. The third-order valence-electron chi connectivity index (χ3n) is 7.93. The van der Waals surface area contributed by atoms with E-state index in [1.807, 2.05) is 4.90 Å². The first-order valence-electron chi connectivity index (χ1n) is 8.89. The first-order chi connectivity index (χ1) is 10.5. The average Bonchev–Trinajstić information content (AvgIpc) is 3.09. The van der Waals surface area contributed by atoms with E-state index in [4.69, 9.17) is 0 Å². The van der Waals surface area contributed by atoms with Crippen molar-refractivity contribution in [3.63, 3.8) is 0 Å². The minimum Gasteiger partial charge on any atom is -0.392 e. The Bertz CT molecular complexity index is 582. The lowest BCUT2D eigenvalue weighted by molar-refractivity contribution is -0.195. The Hall–Kier alpha value is -1.08. The fraction of sp³-hybridized carbons (Fsp3) is 0.889. The van der Waals surface area contributed by atoms with Gasteiger partial charge in [-0.15, -0.1) is 0 Å². The molecule has 6 atom stereocenters. The van der Waals surface area contributed by atoms with Crippen LogP contribution < -0.4 is 0 Å². The summed E-state index contributed by atoms with van der Waals surface area (Å²) in [6.07, 6.45) is 7.44. The van der Waals surface area contributed by atoms with Crippen molar-refractivity contribution in [3.05, 3.63) is 0 Å². The Kier molecular flexibility index (Phi) is 2.35. The Morgan fingerprint density at radius 2 is 1.86 bits per heavy atom. The molecule has 0 aromatic carbocycles. The van der Waals surface area contributed by atoms with Gasteiger partial charge in [-0.25, -0.2) is 0 Å². The number of hydrogen-bond acceptors (Lipinski definition) is 3. The molecule has 1 aliphatic heterocycles. The second kappa shape index (κ2) is 3.87. The Labute approximate surface area is 131 Å². The molecule has 1 N–H and O–H groups in total. The minimum absolute atomic E-state index is 0.0366. The number of rotatable bonds is 1. The number of nitriles is 1. The SMILES string of the molecule is CC(=O)N1C(C#N)CC2CC21C12CC3CC(CC(C3)C1O)C2. The zero-order valence-electron chi connectivity index (χ0n) is 13.2. The smallest absolute Gasteiger partial charge is 0.221 e. The highest BCUT2D eigenvalue weighted by Crippen LogP contribution is 2.75. The molecule has 1 saturated heterocycles. The summed E-state index contributed by atoms with van der Waals surface area (Å²) in [5.41, 5.74) is -0.293. The van der Waals surface area contributed by atoms with Crippen LogP contribution in [0.3, 0.4) is 0 Å². The molecule has 4 heteroatoms. The summed E-state index contributed by atoms with van der Waals surface area (Å²) in [5, 5.41) is 20.6. The van der Waals surface area contributed by atoms with E-state index in [1.165, 1.54) is 19.3 Å². The molecule has 0 aromatic rings. The number of piperidine rings is 1. The average molecular weight is 300 g/mol. The molecule has 4 nitrogen and oxygen atoms in total. The van der Waals surface area contributed by atoms with Gasteiger partial charge in [-0.1, -0.05) is 0 Å². The summed E-state index contributed by atoms with van der Waals surface area (Å²) in [5.74, 6) is 2.41. The summed E-state index contributed by atoms with van der Waals surface area (Å²) in [6, 6.07) is 2.08. The summed E-state index contributed by atoms with van der Waals surface area (Å²) >= 11 is 0. The van der Waals surface area contributed by atoms with Crippen molar-refractivity contribution in [3.8, 4) is 6.07 Å². The zero-order valence-corrected chi connectivity index (χ0v) is 13.2. The molecule has 1 amide bonds. The molecule has 118 valence electrons. The summed E-state index contributed by atoms with van der Waals surface area (Å²) in [6.45, 7) is 1.61. The highest BCUT2D eigenvalue weighted by molar-refractivity contribution is 5.77. The number of fused-ring (bicyclic) bond motifs is 1. The minimum atomic E-state index is -0.267. The molecule has 0 spiro atoms. The van der Waals surface area contributed by atoms with E-state index in [0.29, 0.717) is 11.8 Å². The Morgan fingerprint density at radius 1 is 1.18 bits per heavy atom. The van der Waals surface area contributed by atoms with E-state index in [-0.39, 0.29) is 29.0 Å². The van der Waals surface area contributed by atoms with Gasteiger partial charge in [0, 0.05) is 12.3 Å². The van der Waals surface area contributed by atoms with Gasteiger partial charge < -0.3 is 10.0 Å². The van der Waals surface area contributed by atoms with Gasteiger partial charge >= 0.3 is 0 Å². The van der Waals surface area contributed by atoms with E-state index in [0.717, 1.165) is 37.5 Å². The predicted octanol–water partition coefficient (Wildman–Crippen LogP) is 2.08. The van der Waals surface area contributed by atoms with Crippen LogP contribution in [0.1, 0.15) is 51.9 Å². The normalized spacial score (nSPS) is 57.6. The third kappa shape index (κ3) is 1.28. The third-order valence-corrected chi connectivity index (χ3v) is 7.93. The van der Waals surface area contributed by atoms with Crippen LogP contribution in [0.25, 0.3) is 0 Å². The molecular formula is C18H24N2O2. The number of carbonyl (C=O) groups excluding carboxylic acids is 1. The van der Waals surface area contributed by atoms with Gasteiger partial charge in [0.25, 0.3) is 0 Å². The van der Waals surface area contributed by atoms with Gasteiger partial charge in [0.1, 0.15) is 6.04 Å². The fourth-order valence-electron chi connectivity index (χ4n) is 7.63. The van der Waals surface area contributed by atoms with Crippen molar-refractivity contribution in [2.24, 2.45) is 29.1 Å². The van der Waals surface area contributed by atoms with Crippen LogP contribution in [-0.4, -0.2) is 33.6 Å². The maximum atomic E-state index is 12.4. The topological polar surface area (TPSA) is 64.3 Å². The van der Waals surface area contributed by atoms with E-state index in [1.54, 1.807) is 6.92 Å². The zero-order chi connectivity index (χ0) is 15.3. The highest BCUT2D eigenvalue weighted by atomic mass is 16.3. The van der Waals surface area contributed by atoms with E-state index in [2.05, 4.69) is 6.07 Å². The van der Waals surface area contributed by atoms with Crippen LogP contribution in [0.4, 0.5) is 0 Å². The number of likely N-dealkylation sites (tertiary alicyclic amines) is 1. The second-order valence-electron chi connectivity index (χ2n) is 8.80. The predicted molar refractivity (Wildman–Crippen MR) is 79.4 cm³/mol. The standard InChI is InChI=1S/C18H24N2O2/c1-10(21)20-15(9-19)5-14-8-18(14,20)17-6-11-2-12(7-17)4-13(3-11)16(17)22/h11-16,22H,2-8H2,1H3. The van der Waals surface area contributed by atoms with Crippen LogP contribution in [0.15, 0.2) is 0 Å². The molecule has 6 fully saturated rings. The molecule has 6 aliphatic rings. The number of carbonyl (C=O) groups is 1. The molecule has 22 heavy (non-hydrogen) atoms. The number of amides is 1. The summed E-state index contributed by atoms with van der Waals surface area (Å²) in [7, 11) is 0. The van der Waals surface area contributed by atoms with Crippen molar-refractivity contribution >= 4 is 5.91 Å².